The number of carbonyl (C=O) groups excluding carboxylic acids is 1. The second-order valence-corrected chi connectivity index (χ2v) is 6.78. The highest BCUT2D eigenvalue weighted by molar-refractivity contribution is 5.94. The third kappa shape index (κ3) is 4.40. The van der Waals surface area contributed by atoms with Gasteiger partial charge in [0.25, 0.3) is 5.91 Å². The molecule has 2 aromatic carbocycles. The van der Waals surface area contributed by atoms with Crippen molar-refractivity contribution < 1.29 is 9.53 Å². The van der Waals surface area contributed by atoms with E-state index in [9.17, 15) is 4.79 Å². The van der Waals surface area contributed by atoms with Crippen molar-refractivity contribution in [3.8, 4) is 5.75 Å². The molecule has 0 radical (unpaired) electrons. The van der Waals surface area contributed by atoms with Gasteiger partial charge in [-0.3, -0.25) is 4.79 Å². The molecule has 4 nitrogen and oxygen atoms in total. The standard InChI is InChI=1S/C21H26N2O2/c1-16-9-11-23(12-10-16)21(24)18-7-8-20(19(13-18)14-22)25-15-17-5-3-2-4-6-17/h2-8,13,16H,9-12,14-15,22H2,1H3. The average molecular weight is 338 g/mol. The lowest BCUT2D eigenvalue weighted by atomic mass is 9.98. The smallest absolute Gasteiger partial charge is 0.253 e. The Bertz CT molecular complexity index is 707. The van der Waals surface area contributed by atoms with E-state index in [1.165, 1.54) is 0 Å². The van der Waals surface area contributed by atoms with E-state index in [-0.39, 0.29) is 5.91 Å². The summed E-state index contributed by atoms with van der Waals surface area (Å²) in [6, 6.07) is 15.6. The van der Waals surface area contributed by atoms with Gasteiger partial charge in [0.05, 0.1) is 0 Å². The van der Waals surface area contributed by atoms with Crippen LogP contribution < -0.4 is 10.5 Å². The van der Waals surface area contributed by atoms with Crippen molar-refractivity contribution in [3.05, 3.63) is 65.2 Å². The topological polar surface area (TPSA) is 55.6 Å². The molecule has 1 amide bonds. The Morgan fingerprint density at radius 1 is 1.16 bits per heavy atom. The van der Waals surface area contributed by atoms with Gasteiger partial charge in [-0.2, -0.15) is 0 Å². The molecule has 2 N–H and O–H groups in total. The molecule has 0 saturated carbocycles. The van der Waals surface area contributed by atoms with Crippen molar-refractivity contribution in [2.45, 2.75) is 32.9 Å². The van der Waals surface area contributed by atoms with Gasteiger partial charge in [0, 0.05) is 30.8 Å². The van der Waals surface area contributed by atoms with Gasteiger partial charge in [0.2, 0.25) is 0 Å². The van der Waals surface area contributed by atoms with Gasteiger partial charge in [0.1, 0.15) is 12.4 Å². The second-order valence-electron chi connectivity index (χ2n) is 6.78. The van der Waals surface area contributed by atoms with Crippen LogP contribution in [0.1, 0.15) is 41.3 Å². The molecule has 0 spiro atoms. The number of piperidine rings is 1. The Morgan fingerprint density at radius 2 is 1.88 bits per heavy atom. The SMILES string of the molecule is CC1CCN(C(=O)c2ccc(OCc3ccccc3)c(CN)c2)CC1. The lowest BCUT2D eigenvalue weighted by Crippen LogP contribution is -2.37. The van der Waals surface area contributed by atoms with Gasteiger partial charge in [0.15, 0.2) is 0 Å². The summed E-state index contributed by atoms with van der Waals surface area (Å²) in [4.78, 5) is 14.7. The summed E-state index contributed by atoms with van der Waals surface area (Å²) >= 11 is 0. The predicted molar refractivity (Wildman–Crippen MR) is 99.4 cm³/mol. The summed E-state index contributed by atoms with van der Waals surface area (Å²) < 4.78 is 5.90. The summed E-state index contributed by atoms with van der Waals surface area (Å²) in [6.45, 7) is 4.76. The number of ether oxygens (including phenoxy) is 1. The number of likely N-dealkylation sites (tertiary alicyclic amines) is 1. The first-order chi connectivity index (χ1) is 12.2. The molecule has 0 bridgehead atoms. The normalized spacial score (nSPS) is 15.2. The number of benzene rings is 2. The Kier molecular flexibility index (Phi) is 5.71. The number of hydrogen-bond acceptors (Lipinski definition) is 3. The van der Waals surface area contributed by atoms with E-state index in [2.05, 4.69) is 6.92 Å². The minimum absolute atomic E-state index is 0.0937. The molecule has 0 aromatic heterocycles. The molecule has 1 aliphatic rings. The van der Waals surface area contributed by atoms with Crippen LogP contribution in [-0.4, -0.2) is 23.9 Å². The highest BCUT2D eigenvalue weighted by Gasteiger charge is 2.22. The first-order valence-electron chi connectivity index (χ1n) is 8.96. The molecule has 1 heterocycles. The van der Waals surface area contributed by atoms with E-state index in [0.717, 1.165) is 42.8 Å². The van der Waals surface area contributed by atoms with Gasteiger partial charge in [-0.1, -0.05) is 37.3 Å². The Labute approximate surface area is 149 Å². The molecule has 1 aliphatic heterocycles. The maximum Gasteiger partial charge on any atom is 0.253 e. The highest BCUT2D eigenvalue weighted by Crippen LogP contribution is 2.24. The van der Waals surface area contributed by atoms with Crippen LogP contribution in [0.5, 0.6) is 5.75 Å². The van der Waals surface area contributed by atoms with Crippen LogP contribution >= 0.6 is 0 Å². The highest BCUT2D eigenvalue weighted by atomic mass is 16.5. The van der Waals surface area contributed by atoms with Crippen molar-refractivity contribution in [2.75, 3.05) is 13.1 Å². The third-order valence-electron chi connectivity index (χ3n) is 4.84. The predicted octanol–water partition coefficient (Wildman–Crippen LogP) is 3.60. The molecule has 0 aliphatic carbocycles. The first-order valence-corrected chi connectivity index (χ1v) is 8.96. The van der Waals surface area contributed by atoms with E-state index in [4.69, 9.17) is 10.5 Å². The summed E-state index contributed by atoms with van der Waals surface area (Å²) in [7, 11) is 0. The summed E-state index contributed by atoms with van der Waals surface area (Å²) in [5, 5.41) is 0. The molecule has 25 heavy (non-hydrogen) atoms. The molecule has 3 rings (SSSR count). The molecule has 1 saturated heterocycles. The van der Waals surface area contributed by atoms with Crippen molar-refractivity contribution in [1.82, 2.24) is 4.90 Å². The zero-order valence-electron chi connectivity index (χ0n) is 14.8. The Morgan fingerprint density at radius 3 is 2.56 bits per heavy atom. The van der Waals surface area contributed by atoms with Gasteiger partial charge in [-0.05, 0) is 42.5 Å². The second kappa shape index (κ2) is 8.17. The van der Waals surface area contributed by atoms with Crippen molar-refractivity contribution >= 4 is 5.91 Å². The fourth-order valence-electron chi connectivity index (χ4n) is 3.14. The zero-order valence-corrected chi connectivity index (χ0v) is 14.8. The maximum absolute atomic E-state index is 12.7. The van der Waals surface area contributed by atoms with Crippen LogP contribution in [0.15, 0.2) is 48.5 Å². The Balaban J connectivity index is 1.69. The van der Waals surface area contributed by atoms with Crippen molar-refractivity contribution in [1.29, 1.82) is 0 Å². The summed E-state index contributed by atoms with van der Waals surface area (Å²) in [5.41, 5.74) is 8.55. The first kappa shape index (κ1) is 17.5. The molecule has 4 heteroatoms. The quantitative estimate of drug-likeness (QED) is 0.906. The number of hydrogen-bond donors (Lipinski definition) is 1. The molecule has 1 fully saturated rings. The summed E-state index contributed by atoms with van der Waals surface area (Å²) in [5.74, 6) is 1.55. The zero-order chi connectivity index (χ0) is 17.6. The van der Waals surface area contributed by atoms with Gasteiger partial charge >= 0.3 is 0 Å². The van der Waals surface area contributed by atoms with E-state index < -0.39 is 0 Å². The minimum Gasteiger partial charge on any atom is -0.489 e. The van der Waals surface area contributed by atoms with E-state index in [1.807, 2.05) is 53.4 Å². The van der Waals surface area contributed by atoms with Crippen molar-refractivity contribution in [2.24, 2.45) is 11.7 Å². The number of carbonyl (C=O) groups is 1. The monoisotopic (exact) mass is 338 g/mol. The average Bonchev–Trinajstić information content (AvgIpc) is 2.67. The number of rotatable bonds is 5. The van der Waals surface area contributed by atoms with Gasteiger partial charge in [-0.25, -0.2) is 0 Å². The molecular weight excluding hydrogens is 312 g/mol. The largest absolute Gasteiger partial charge is 0.489 e. The van der Waals surface area contributed by atoms with Gasteiger partial charge in [-0.15, -0.1) is 0 Å². The lowest BCUT2D eigenvalue weighted by molar-refractivity contribution is 0.0697. The lowest BCUT2D eigenvalue weighted by Gasteiger charge is -2.30. The summed E-state index contributed by atoms with van der Waals surface area (Å²) in [6.07, 6.45) is 2.15. The number of amides is 1. The van der Waals surface area contributed by atoms with Crippen LogP contribution in [-0.2, 0) is 13.2 Å². The van der Waals surface area contributed by atoms with Crippen LogP contribution in [0.4, 0.5) is 0 Å². The number of nitrogens with two attached hydrogens (primary N) is 1. The van der Waals surface area contributed by atoms with Crippen LogP contribution in [0.2, 0.25) is 0 Å². The fourth-order valence-corrected chi connectivity index (χ4v) is 3.14. The maximum atomic E-state index is 12.7. The van der Waals surface area contributed by atoms with E-state index in [1.54, 1.807) is 0 Å². The third-order valence-corrected chi connectivity index (χ3v) is 4.84. The number of nitrogens with zero attached hydrogens (tertiary/aromatic N) is 1. The molecule has 132 valence electrons. The fraction of sp³-hybridized carbons (Fsp3) is 0.381. The van der Waals surface area contributed by atoms with Gasteiger partial charge < -0.3 is 15.4 Å². The van der Waals surface area contributed by atoms with E-state index >= 15 is 0 Å². The van der Waals surface area contributed by atoms with Crippen molar-refractivity contribution in [3.63, 3.8) is 0 Å². The van der Waals surface area contributed by atoms with Crippen LogP contribution in [0.25, 0.3) is 0 Å². The molecular formula is C21H26N2O2. The van der Waals surface area contributed by atoms with Crippen LogP contribution in [0, 0.1) is 5.92 Å². The molecule has 2 aromatic rings. The molecule has 0 unspecified atom stereocenters. The Hall–Kier alpha value is -2.33. The van der Waals surface area contributed by atoms with E-state index in [0.29, 0.717) is 24.6 Å². The molecule has 0 atom stereocenters. The minimum atomic E-state index is 0.0937. The van der Waals surface area contributed by atoms with Crippen LogP contribution in [0.3, 0.4) is 0 Å².